The van der Waals surface area contributed by atoms with Crippen LogP contribution in [0.25, 0.3) is 0 Å². The van der Waals surface area contributed by atoms with E-state index < -0.39 is 43.8 Å². The van der Waals surface area contributed by atoms with E-state index in [0.717, 1.165) is 0 Å². The number of carboxylic acid groups (broad SMARTS) is 2. The summed E-state index contributed by atoms with van der Waals surface area (Å²) in [4.78, 5) is 22.1. The highest BCUT2D eigenvalue weighted by Gasteiger charge is 2.48. The molecule has 0 saturated carbocycles. The van der Waals surface area contributed by atoms with Crippen molar-refractivity contribution in [3.8, 4) is 0 Å². The lowest BCUT2D eigenvalue weighted by molar-refractivity contribution is -0.136. The van der Waals surface area contributed by atoms with Crippen LogP contribution in [0.15, 0.2) is 0 Å². The van der Waals surface area contributed by atoms with Crippen molar-refractivity contribution in [3.63, 3.8) is 0 Å². The molecule has 0 spiro atoms. The molecule has 0 bridgehead atoms. The molecule has 0 heterocycles. The average Bonchev–Trinajstić information content (AvgIpc) is 1.89. The molecule has 0 amide bonds. The van der Waals surface area contributed by atoms with Crippen LogP contribution >= 0.6 is 0 Å². The first-order valence-corrected chi connectivity index (χ1v) is 8.32. The predicted molar refractivity (Wildman–Crippen MR) is 72.3 cm³/mol. The van der Waals surface area contributed by atoms with Crippen molar-refractivity contribution in [2.45, 2.75) is 64.8 Å². The Kier molecular flexibility index (Phi) is 5.73. The van der Waals surface area contributed by atoms with Gasteiger partial charge in [0.05, 0.1) is 23.3 Å². The van der Waals surface area contributed by atoms with Crippen molar-refractivity contribution in [3.05, 3.63) is 0 Å². The summed E-state index contributed by atoms with van der Waals surface area (Å²) in [7, 11) is -3.39. The van der Waals surface area contributed by atoms with Crippen molar-refractivity contribution in [1.29, 1.82) is 0 Å². The van der Waals surface area contributed by atoms with Crippen LogP contribution in [0.5, 0.6) is 0 Å². The van der Waals surface area contributed by atoms with Crippen molar-refractivity contribution in [2.75, 3.05) is 0 Å². The Morgan fingerprint density at radius 2 is 1.11 bits per heavy atom. The summed E-state index contributed by atoms with van der Waals surface area (Å²) in [5, 5.41) is 18.1. The van der Waals surface area contributed by atoms with Gasteiger partial charge in [-0.25, -0.2) is 0 Å². The van der Waals surface area contributed by atoms with Crippen LogP contribution in [0.4, 0.5) is 0 Å². The summed E-state index contributed by atoms with van der Waals surface area (Å²) in [5.41, 5.74) is -1.33. The lowest BCUT2D eigenvalue weighted by Gasteiger charge is -2.39. The monoisotopic (exact) mass is 292 g/mol. The van der Waals surface area contributed by atoms with Gasteiger partial charge in [-0.15, -0.1) is 0 Å². The molecule has 19 heavy (non-hydrogen) atoms. The highest BCUT2D eigenvalue weighted by atomic mass is 28.4. The topological polar surface area (TPSA) is 93.1 Å². The van der Waals surface area contributed by atoms with Crippen LogP contribution in [0.2, 0.25) is 12.1 Å². The molecular formula is C12H24O6Si. The number of carbonyl (C=O) groups is 2. The second-order valence-electron chi connectivity index (χ2n) is 6.48. The summed E-state index contributed by atoms with van der Waals surface area (Å²) in [6.07, 6.45) is 0. The van der Waals surface area contributed by atoms with Crippen LogP contribution in [0.3, 0.4) is 0 Å². The number of carboxylic acids is 2. The molecule has 0 aromatic rings. The van der Waals surface area contributed by atoms with Gasteiger partial charge >= 0.3 is 20.5 Å². The largest absolute Gasteiger partial charge is 0.481 e. The summed E-state index contributed by atoms with van der Waals surface area (Å²) in [6, 6.07) is -0.790. The van der Waals surface area contributed by atoms with Gasteiger partial charge in [-0.3, -0.25) is 9.59 Å². The predicted octanol–water partition coefficient (Wildman–Crippen LogP) is 2.23. The van der Waals surface area contributed by atoms with Crippen LogP contribution < -0.4 is 0 Å². The van der Waals surface area contributed by atoms with Gasteiger partial charge in [0.2, 0.25) is 0 Å². The van der Waals surface area contributed by atoms with Crippen LogP contribution in [-0.2, 0) is 18.4 Å². The Bertz CT molecular complexity index is 305. The number of hydrogen-bond acceptors (Lipinski definition) is 4. The molecule has 0 atom stereocenters. The third-order valence-corrected chi connectivity index (χ3v) is 5.48. The van der Waals surface area contributed by atoms with Gasteiger partial charge in [-0.1, -0.05) is 0 Å². The summed E-state index contributed by atoms with van der Waals surface area (Å²) in [6.45, 7) is 10.5. The normalized spacial score (nSPS) is 13.4. The fraction of sp³-hybridized carbons (Fsp3) is 0.833. The molecule has 0 radical (unpaired) electrons. The fourth-order valence-electron chi connectivity index (χ4n) is 1.80. The standard InChI is InChI=1S/C12H24O6Si/c1-11(2,3)17-19(7-9(13)14,8-10(15)16)18-12(4,5)6/h7-8H2,1-6H3,(H,13,14)(H,15,16). The summed E-state index contributed by atoms with van der Waals surface area (Å²) in [5.74, 6) is -2.22. The molecule has 0 aromatic heterocycles. The van der Waals surface area contributed by atoms with Gasteiger partial charge < -0.3 is 19.1 Å². The minimum atomic E-state index is -3.39. The average molecular weight is 292 g/mol. The Balaban J connectivity index is 5.43. The molecule has 7 heteroatoms. The quantitative estimate of drug-likeness (QED) is 0.729. The maximum Gasteiger partial charge on any atom is 0.361 e. The first kappa shape index (κ1) is 18.1. The lowest BCUT2D eigenvalue weighted by Crippen LogP contribution is -2.54. The second kappa shape index (κ2) is 6.02. The van der Waals surface area contributed by atoms with Crippen molar-refractivity contribution >= 4 is 20.5 Å². The lowest BCUT2D eigenvalue weighted by atomic mass is 10.2. The van der Waals surface area contributed by atoms with E-state index in [-0.39, 0.29) is 0 Å². The highest BCUT2D eigenvalue weighted by molar-refractivity contribution is 6.73. The molecular weight excluding hydrogens is 268 g/mol. The maximum absolute atomic E-state index is 11.0. The SMILES string of the molecule is CC(C)(C)O[Si](CC(=O)O)(CC(=O)O)OC(C)(C)C. The van der Waals surface area contributed by atoms with Crippen LogP contribution in [0.1, 0.15) is 41.5 Å². The van der Waals surface area contributed by atoms with Crippen molar-refractivity contribution in [1.82, 2.24) is 0 Å². The Hall–Kier alpha value is -0.923. The van der Waals surface area contributed by atoms with Gasteiger partial charge in [0, 0.05) is 0 Å². The van der Waals surface area contributed by atoms with Crippen LogP contribution in [-0.4, -0.2) is 41.9 Å². The van der Waals surface area contributed by atoms with E-state index in [2.05, 4.69) is 0 Å². The van der Waals surface area contributed by atoms with Crippen molar-refractivity contribution < 1.29 is 28.7 Å². The molecule has 0 aliphatic carbocycles. The molecule has 0 aliphatic heterocycles. The van der Waals surface area contributed by atoms with Gasteiger partial charge in [0.15, 0.2) is 0 Å². The zero-order valence-corrected chi connectivity index (χ0v) is 13.4. The van der Waals surface area contributed by atoms with Gasteiger partial charge in [-0.05, 0) is 41.5 Å². The molecule has 112 valence electrons. The summed E-state index contributed by atoms with van der Waals surface area (Å²) >= 11 is 0. The Morgan fingerprint density at radius 3 is 1.26 bits per heavy atom. The summed E-state index contributed by atoms with van der Waals surface area (Å²) < 4.78 is 11.6. The van der Waals surface area contributed by atoms with Gasteiger partial charge in [0.25, 0.3) is 0 Å². The Morgan fingerprint density at radius 1 is 0.842 bits per heavy atom. The first-order valence-electron chi connectivity index (χ1n) is 6.09. The van der Waals surface area contributed by atoms with Crippen LogP contribution in [0, 0.1) is 0 Å². The third kappa shape index (κ3) is 8.74. The van der Waals surface area contributed by atoms with Gasteiger partial charge in [0.1, 0.15) is 0 Å². The van der Waals surface area contributed by atoms with E-state index in [1.807, 2.05) is 0 Å². The molecule has 0 aliphatic rings. The molecule has 6 nitrogen and oxygen atoms in total. The van der Waals surface area contributed by atoms with E-state index in [9.17, 15) is 9.59 Å². The van der Waals surface area contributed by atoms with E-state index in [0.29, 0.717) is 0 Å². The minimum absolute atomic E-state index is 0.395. The first-order chi connectivity index (χ1) is 8.25. The number of rotatable bonds is 6. The molecule has 0 fully saturated rings. The smallest absolute Gasteiger partial charge is 0.361 e. The molecule has 0 aromatic carbocycles. The molecule has 0 saturated heterocycles. The van der Waals surface area contributed by atoms with Crippen molar-refractivity contribution in [2.24, 2.45) is 0 Å². The fourth-order valence-corrected chi connectivity index (χ4v) is 5.41. The molecule has 0 rings (SSSR count). The Labute approximate surface area is 115 Å². The highest BCUT2D eigenvalue weighted by Crippen LogP contribution is 2.30. The van der Waals surface area contributed by atoms with Gasteiger partial charge in [-0.2, -0.15) is 0 Å². The minimum Gasteiger partial charge on any atom is -0.481 e. The molecule has 0 unspecified atom stereocenters. The second-order valence-corrected chi connectivity index (χ2v) is 9.42. The van der Waals surface area contributed by atoms with E-state index in [1.54, 1.807) is 41.5 Å². The van der Waals surface area contributed by atoms with E-state index >= 15 is 0 Å². The maximum atomic E-state index is 11.0. The number of aliphatic carboxylic acids is 2. The molecule has 2 N–H and O–H groups in total. The number of hydrogen-bond donors (Lipinski definition) is 2. The zero-order valence-electron chi connectivity index (χ0n) is 12.4. The zero-order chi connectivity index (χ0) is 15.5. The third-order valence-electron chi connectivity index (χ3n) is 1.83. The van der Waals surface area contributed by atoms with E-state index in [4.69, 9.17) is 19.1 Å². The van der Waals surface area contributed by atoms with E-state index in [1.165, 1.54) is 0 Å².